The van der Waals surface area contributed by atoms with Crippen molar-refractivity contribution in [3.63, 3.8) is 0 Å². The summed E-state index contributed by atoms with van der Waals surface area (Å²) in [6.07, 6.45) is 0.408. The van der Waals surface area contributed by atoms with Crippen molar-refractivity contribution in [1.82, 2.24) is 5.01 Å². The van der Waals surface area contributed by atoms with Crippen LogP contribution in [0.15, 0.2) is 70.2 Å². The van der Waals surface area contributed by atoms with Crippen LogP contribution >= 0.6 is 27.5 Å². The molecule has 0 fully saturated rings. The maximum absolute atomic E-state index is 6.41. The number of rotatable bonds is 2. The van der Waals surface area contributed by atoms with Crippen LogP contribution in [0.3, 0.4) is 0 Å². The fourth-order valence-corrected chi connectivity index (χ4v) is 4.61. The highest BCUT2D eigenvalue weighted by atomic mass is 79.9. The molecule has 7 heteroatoms. The Morgan fingerprint density at radius 2 is 1.73 bits per heavy atom. The smallest absolute Gasteiger partial charge is 0.231 e. The lowest BCUT2D eigenvalue weighted by Gasteiger charge is -2.38. The van der Waals surface area contributed by atoms with E-state index >= 15 is 0 Å². The molecule has 3 aromatic rings. The minimum Gasteiger partial charge on any atom is -0.464 e. The Hall–Kier alpha value is -2.70. The molecule has 6 rings (SSSR count). The molecule has 30 heavy (non-hydrogen) atoms. The average molecular weight is 484 g/mol. The second-order valence-electron chi connectivity index (χ2n) is 7.42. The first-order valence-electron chi connectivity index (χ1n) is 9.63. The molecule has 3 aliphatic heterocycles. The fourth-order valence-electron chi connectivity index (χ4n) is 4.16. The minimum atomic E-state index is -0.369. The van der Waals surface area contributed by atoms with E-state index in [-0.39, 0.29) is 19.1 Å². The van der Waals surface area contributed by atoms with E-state index in [0.717, 1.165) is 50.5 Å². The summed E-state index contributed by atoms with van der Waals surface area (Å²) in [4.78, 5) is 0. The minimum absolute atomic E-state index is 0.0431. The van der Waals surface area contributed by atoms with Gasteiger partial charge in [-0.15, -0.1) is 0 Å². The van der Waals surface area contributed by atoms with E-state index in [2.05, 4.69) is 28.1 Å². The third kappa shape index (κ3) is 2.94. The van der Waals surface area contributed by atoms with Gasteiger partial charge in [-0.2, -0.15) is 5.10 Å². The first kappa shape index (κ1) is 18.1. The van der Waals surface area contributed by atoms with Crippen LogP contribution in [0.4, 0.5) is 0 Å². The number of nitrogens with zero attached hydrogens (tertiary/aromatic N) is 2. The number of hydrogen-bond donors (Lipinski definition) is 0. The number of ether oxygens (including phenoxy) is 3. The SMILES string of the molecule is Clc1ccc2c(c1)C1CC(c3ccc(Br)cc3)=NN1C(c1ccc3c(c1)OCO3)O2. The van der Waals surface area contributed by atoms with E-state index in [1.165, 1.54) is 0 Å². The Morgan fingerprint density at radius 3 is 2.60 bits per heavy atom. The lowest BCUT2D eigenvalue weighted by atomic mass is 9.96. The molecule has 0 bridgehead atoms. The Morgan fingerprint density at radius 1 is 0.933 bits per heavy atom. The Kier molecular flexibility index (Phi) is 4.18. The zero-order valence-corrected chi connectivity index (χ0v) is 18.1. The van der Waals surface area contributed by atoms with Gasteiger partial charge in [0.25, 0.3) is 0 Å². The van der Waals surface area contributed by atoms with Crippen molar-refractivity contribution in [3.8, 4) is 17.2 Å². The molecular formula is C23H16BrClN2O3. The van der Waals surface area contributed by atoms with Crippen LogP contribution in [0.2, 0.25) is 5.02 Å². The number of halogens is 2. The highest BCUT2D eigenvalue weighted by Gasteiger charge is 2.41. The molecule has 150 valence electrons. The van der Waals surface area contributed by atoms with Crippen molar-refractivity contribution in [1.29, 1.82) is 0 Å². The first-order valence-corrected chi connectivity index (χ1v) is 10.8. The van der Waals surface area contributed by atoms with E-state index in [9.17, 15) is 0 Å². The van der Waals surface area contributed by atoms with E-state index in [0.29, 0.717) is 5.02 Å². The fraction of sp³-hybridized carbons (Fsp3) is 0.174. The van der Waals surface area contributed by atoms with Crippen LogP contribution in [0, 0.1) is 0 Å². The molecule has 5 nitrogen and oxygen atoms in total. The van der Waals surface area contributed by atoms with Crippen molar-refractivity contribution in [2.75, 3.05) is 6.79 Å². The van der Waals surface area contributed by atoms with Gasteiger partial charge in [-0.05, 0) is 54.1 Å². The largest absolute Gasteiger partial charge is 0.464 e. The maximum Gasteiger partial charge on any atom is 0.231 e. The summed E-state index contributed by atoms with van der Waals surface area (Å²) in [7, 11) is 0. The van der Waals surface area contributed by atoms with Gasteiger partial charge < -0.3 is 14.2 Å². The lowest BCUT2D eigenvalue weighted by molar-refractivity contribution is -0.0191. The molecule has 3 aromatic carbocycles. The molecule has 0 amide bonds. The van der Waals surface area contributed by atoms with Crippen LogP contribution in [0.5, 0.6) is 17.2 Å². The number of benzene rings is 3. The van der Waals surface area contributed by atoms with Gasteiger partial charge in [0.2, 0.25) is 13.0 Å². The number of hydrazone groups is 1. The molecule has 0 aromatic heterocycles. The topological polar surface area (TPSA) is 43.3 Å². The first-order chi connectivity index (χ1) is 14.7. The van der Waals surface area contributed by atoms with Crippen LogP contribution in [0.1, 0.15) is 35.4 Å². The summed E-state index contributed by atoms with van der Waals surface area (Å²) < 4.78 is 18.5. The van der Waals surface area contributed by atoms with Crippen LogP contribution in [0.25, 0.3) is 0 Å². The lowest BCUT2D eigenvalue weighted by Crippen LogP contribution is -2.33. The Bertz CT molecular complexity index is 1180. The summed E-state index contributed by atoms with van der Waals surface area (Å²) in [5, 5.41) is 7.71. The van der Waals surface area contributed by atoms with E-state index < -0.39 is 0 Å². The van der Waals surface area contributed by atoms with Gasteiger partial charge >= 0.3 is 0 Å². The van der Waals surface area contributed by atoms with Gasteiger partial charge in [0.1, 0.15) is 5.75 Å². The quantitative estimate of drug-likeness (QED) is 0.443. The molecule has 0 saturated heterocycles. The predicted octanol–water partition coefficient (Wildman–Crippen LogP) is 6.07. The monoisotopic (exact) mass is 482 g/mol. The molecule has 0 spiro atoms. The van der Waals surface area contributed by atoms with Crippen molar-refractivity contribution in [3.05, 3.63) is 86.8 Å². The number of fused-ring (bicyclic) bond motifs is 4. The molecule has 2 unspecified atom stereocenters. The second kappa shape index (κ2) is 6.93. The standard InChI is InChI=1S/C23H16BrClN2O3/c24-15-4-1-13(2-5-15)18-11-19-17-10-16(25)6-8-20(17)30-23(27(19)26-18)14-3-7-21-22(9-14)29-12-28-21/h1-10,19,23H,11-12H2. The molecule has 0 radical (unpaired) electrons. The van der Waals surface area contributed by atoms with E-state index in [4.69, 9.17) is 30.9 Å². The van der Waals surface area contributed by atoms with Gasteiger partial charge in [0.05, 0.1) is 11.8 Å². The van der Waals surface area contributed by atoms with Crippen molar-refractivity contribution in [2.45, 2.75) is 18.7 Å². The van der Waals surface area contributed by atoms with Gasteiger partial charge in [-0.1, -0.05) is 39.7 Å². The Balaban J connectivity index is 1.45. The van der Waals surface area contributed by atoms with Crippen LogP contribution in [-0.4, -0.2) is 17.5 Å². The molecule has 3 aliphatic rings. The van der Waals surface area contributed by atoms with Gasteiger partial charge in [0.15, 0.2) is 11.5 Å². The molecule has 0 saturated carbocycles. The second-order valence-corrected chi connectivity index (χ2v) is 8.77. The van der Waals surface area contributed by atoms with E-state index in [1.54, 1.807) is 0 Å². The zero-order chi connectivity index (χ0) is 20.2. The molecule has 0 N–H and O–H groups in total. The summed E-state index contributed by atoms with van der Waals surface area (Å²) >= 11 is 9.81. The van der Waals surface area contributed by atoms with Gasteiger partial charge in [-0.25, -0.2) is 5.01 Å². The highest BCUT2D eigenvalue weighted by Crippen LogP contribution is 2.49. The third-order valence-electron chi connectivity index (χ3n) is 5.61. The highest BCUT2D eigenvalue weighted by molar-refractivity contribution is 9.10. The zero-order valence-electron chi connectivity index (χ0n) is 15.7. The van der Waals surface area contributed by atoms with Crippen molar-refractivity contribution >= 4 is 33.2 Å². The Labute approximate surface area is 186 Å². The summed E-state index contributed by atoms with van der Waals surface area (Å²) in [6, 6.07) is 19.9. The van der Waals surface area contributed by atoms with Gasteiger partial charge in [-0.3, -0.25) is 0 Å². The van der Waals surface area contributed by atoms with Gasteiger partial charge in [0, 0.05) is 27.0 Å². The van der Waals surface area contributed by atoms with Crippen molar-refractivity contribution < 1.29 is 14.2 Å². The van der Waals surface area contributed by atoms with Crippen molar-refractivity contribution in [2.24, 2.45) is 5.10 Å². The van der Waals surface area contributed by atoms with Crippen LogP contribution in [-0.2, 0) is 0 Å². The molecule has 3 heterocycles. The number of hydrogen-bond acceptors (Lipinski definition) is 5. The molecule has 0 aliphatic carbocycles. The molecular weight excluding hydrogens is 468 g/mol. The third-order valence-corrected chi connectivity index (χ3v) is 6.37. The average Bonchev–Trinajstić information content (AvgIpc) is 3.40. The maximum atomic E-state index is 6.41. The molecule has 2 atom stereocenters. The summed E-state index contributed by atoms with van der Waals surface area (Å²) in [5.41, 5.74) is 4.14. The normalized spacial score (nSPS) is 21.0. The summed E-state index contributed by atoms with van der Waals surface area (Å²) in [5.74, 6) is 2.31. The predicted molar refractivity (Wildman–Crippen MR) is 117 cm³/mol. The van der Waals surface area contributed by atoms with E-state index in [1.807, 2.05) is 53.5 Å². The van der Waals surface area contributed by atoms with Crippen LogP contribution < -0.4 is 14.2 Å². The summed E-state index contributed by atoms with van der Waals surface area (Å²) in [6.45, 7) is 0.240.